The highest BCUT2D eigenvalue weighted by molar-refractivity contribution is 5.88. The van der Waals surface area contributed by atoms with Crippen LogP contribution in [0.1, 0.15) is 34.9 Å². The lowest BCUT2D eigenvalue weighted by Crippen LogP contribution is -2.33. The Morgan fingerprint density at radius 1 is 0.862 bits per heavy atom. The average Bonchev–Trinajstić information content (AvgIpc) is 3.42. The van der Waals surface area contributed by atoms with E-state index in [-0.39, 0.29) is 11.8 Å². The minimum atomic E-state index is -0.251. The van der Waals surface area contributed by atoms with E-state index in [0.717, 1.165) is 30.6 Å². The summed E-state index contributed by atoms with van der Waals surface area (Å²) < 4.78 is 0. The molecular weight excluding hydrogens is 356 g/mol. The van der Waals surface area contributed by atoms with Crippen LogP contribution in [0, 0.1) is 0 Å². The van der Waals surface area contributed by atoms with Crippen molar-refractivity contribution < 1.29 is 4.79 Å². The molecule has 3 aromatic carbocycles. The van der Waals surface area contributed by atoms with Crippen LogP contribution in [0.3, 0.4) is 0 Å². The number of carbonyl (C=O) groups excluding carboxylic acids is 1. The predicted molar refractivity (Wildman–Crippen MR) is 117 cm³/mol. The molecule has 144 valence electrons. The number of carbonyl (C=O) groups is 1. The fraction of sp³-hybridized carbons (Fsp3) is 0.192. The number of benzene rings is 3. The van der Waals surface area contributed by atoms with E-state index in [4.69, 9.17) is 0 Å². The fourth-order valence-corrected chi connectivity index (χ4v) is 4.60. The van der Waals surface area contributed by atoms with Gasteiger partial charge in [-0.05, 0) is 29.2 Å². The molecule has 1 atom stereocenters. The minimum Gasteiger partial charge on any atom is -0.361 e. The summed E-state index contributed by atoms with van der Waals surface area (Å²) in [6.07, 6.45) is 3.12. The normalized spacial score (nSPS) is 16.6. The SMILES string of the molecule is O=C(C(c1ccccc1)c1ccccc1)N1CCC(c2c[nH]c3ccccc23)C1. The van der Waals surface area contributed by atoms with Crippen molar-refractivity contribution in [3.8, 4) is 0 Å². The Labute approximate surface area is 171 Å². The second kappa shape index (κ2) is 7.59. The summed E-state index contributed by atoms with van der Waals surface area (Å²) in [5, 5.41) is 1.27. The first-order valence-corrected chi connectivity index (χ1v) is 10.3. The van der Waals surface area contributed by atoms with Gasteiger partial charge in [-0.2, -0.15) is 0 Å². The van der Waals surface area contributed by atoms with Crippen LogP contribution in [-0.2, 0) is 4.79 Å². The number of para-hydroxylation sites is 1. The second-order valence-corrected chi connectivity index (χ2v) is 7.81. The summed E-state index contributed by atoms with van der Waals surface area (Å²) in [5.74, 6) is 0.325. The number of hydrogen-bond donors (Lipinski definition) is 1. The Kier molecular flexibility index (Phi) is 4.65. The van der Waals surface area contributed by atoms with Gasteiger partial charge in [-0.3, -0.25) is 4.79 Å². The maximum absolute atomic E-state index is 13.6. The van der Waals surface area contributed by atoms with Gasteiger partial charge in [0.25, 0.3) is 0 Å². The largest absolute Gasteiger partial charge is 0.361 e. The number of amides is 1. The molecule has 1 unspecified atom stereocenters. The summed E-state index contributed by atoms with van der Waals surface area (Å²) >= 11 is 0. The molecule has 0 aliphatic carbocycles. The predicted octanol–water partition coefficient (Wildman–Crippen LogP) is 5.32. The number of aromatic nitrogens is 1. The average molecular weight is 380 g/mol. The van der Waals surface area contributed by atoms with Crippen molar-refractivity contribution in [2.45, 2.75) is 18.3 Å². The van der Waals surface area contributed by atoms with Gasteiger partial charge in [0, 0.05) is 36.1 Å². The number of fused-ring (bicyclic) bond motifs is 1. The Morgan fingerprint density at radius 3 is 2.17 bits per heavy atom. The Bertz CT molecular complexity index is 1080. The smallest absolute Gasteiger partial charge is 0.234 e. The van der Waals surface area contributed by atoms with E-state index in [0.29, 0.717) is 5.92 Å². The number of nitrogens with zero attached hydrogens (tertiary/aromatic N) is 1. The Morgan fingerprint density at radius 2 is 1.48 bits per heavy atom. The van der Waals surface area contributed by atoms with E-state index >= 15 is 0 Å². The number of H-pyrrole nitrogens is 1. The summed E-state index contributed by atoms with van der Waals surface area (Å²) in [5.41, 5.74) is 4.60. The van der Waals surface area contributed by atoms with Gasteiger partial charge in [-0.1, -0.05) is 78.9 Å². The van der Waals surface area contributed by atoms with Crippen LogP contribution in [0.25, 0.3) is 10.9 Å². The molecular formula is C26H24N2O. The summed E-state index contributed by atoms with van der Waals surface area (Å²) in [7, 11) is 0. The number of hydrogen-bond acceptors (Lipinski definition) is 1. The third-order valence-corrected chi connectivity index (χ3v) is 6.07. The van der Waals surface area contributed by atoms with Crippen molar-refractivity contribution >= 4 is 16.8 Å². The molecule has 1 aromatic heterocycles. The van der Waals surface area contributed by atoms with Gasteiger partial charge in [-0.15, -0.1) is 0 Å². The van der Waals surface area contributed by atoms with Crippen molar-refractivity contribution in [2.75, 3.05) is 13.1 Å². The van der Waals surface area contributed by atoms with Gasteiger partial charge < -0.3 is 9.88 Å². The van der Waals surface area contributed by atoms with Crippen molar-refractivity contribution in [3.05, 3.63) is 108 Å². The molecule has 1 aliphatic rings. The van der Waals surface area contributed by atoms with Gasteiger partial charge >= 0.3 is 0 Å². The molecule has 0 saturated carbocycles. The van der Waals surface area contributed by atoms with Crippen molar-refractivity contribution in [3.63, 3.8) is 0 Å². The van der Waals surface area contributed by atoms with Crippen LogP contribution in [0.15, 0.2) is 91.1 Å². The van der Waals surface area contributed by atoms with Crippen LogP contribution in [0.2, 0.25) is 0 Å². The third kappa shape index (κ3) is 3.33. The number of nitrogens with one attached hydrogen (secondary N) is 1. The van der Waals surface area contributed by atoms with E-state index in [2.05, 4.69) is 64.6 Å². The highest BCUT2D eigenvalue weighted by Gasteiger charge is 2.33. The summed E-state index contributed by atoms with van der Waals surface area (Å²) in [4.78, 5) is 19.1. The minimum absolute atomic E-state index is 0.199. The molecule has 1 saturated heterocycles. The zero-order chi connectivity index (χ0) is 19.6. The van der Waals surface area contributed by atoms with Crippen LogP contribution in [-0.4, -0.2) is 28.9 Å². The van der Waals surface area contributed by atoms with E-state index in [1.165, 1.54) is 16.5 Å². The monoisotopic (exact) mass is 380 g/mol. The van der Waals surface area contributed by atoms with Gasteiger partial charge in [-0.25, -0.2) is 0 Å². The number of aromatic amines is 1. The quantitative estimate of drug-likeness (QED) is 0.511. The zero-order valence-electron chi connectivity index (χ0n) is 16.3. The molecule has 1 N–H and O–H groups in total. The Hall–Kier alpha value is -3.33. The van der Waals surface area contributed by atoms with Crippen LogP contribution in [0.4, 0.5) is 0 Å². The first-order chi connectivity index (χ1) is 14.3. The molecule has 5 rings (SSSR count). The summed E-state index contributed by atoms with van der Waals surface area (Å²) in [6, 6.07) is 28.7. The fourth-order valence-electron chi connectivity index (χ4n) is 4.60. The maximum Gasteiger partial charge on any atom is 0.234 e. The van der Waals surface area contributed by atoms with E-state index in [1.807, 2.05) is 36.4 Å². The zero-order valence-corrected chi connectivity index (χ0v) is 16.3. The standard InChI is InChI=1S/C26H24N2O/c29-26(25(19-9-3-1-4-10-19)20-11-5-2-6-12-20)28-16-15-21(18-28)23-17-27-24-14-8-7-13-22(23)24/h1-14,17,21,25,27H,15-16,18H2. The topological polar surface area (TPSA) is 36.1 Å². The highest BCUT2D eigenvalue weighted by atomic mass is 16.2. The van der Waals surface area contributed by atoms with Crippen molar-refractivity contribution in [1.29, 1.82) is 0 Å². The van der Waals surface area contributed by atoms with Gasteiger partial charge in [0.1, 0.15) is 0 Å². The lowest BCUT2D eigenvalue weighted by Gasteiger charge is -2.24. The van der Waals surface area contributed by atoms with E-state index in [1.54, 1.807) is 0 Å². The molecule has 2 heterocycles. The molecule has 0 bridgehead atoms. The second-order valence-electron chi connectivity index (χ2n) is 7.81. The van der Waals surface area contributed by atoms with Crippen LogP contribution < -0.4 is 0 Å². The first-order valence-electron chi connectivity index (χ1n) is 10.3. The van der Waals surface area contributed by atoms with E-state index < -0.39 is 0 Å². The number of likely N-dealkylation sites (tertiary alicyclic amines) is 1. The number of rotatable bonds is 4. The highest BCUT2D eigenvalue weighted by Crippen LogP contribution is 2.35. The molecule has 1 amide bonds. The molecule has 4 aromatic rings. The lowest BCUT2D eigenvalue weighted by atomic mass is 9.90. The molecule has 1 aliphatic heterocycles. The van der Waals surface area contributed by atoms with Crippen LogP contribution >= 0.6 is 0 Å². The van der Waals surface area contributed by atoms with Crippen molar-refractivity contribution in [1.82, 2.24) is 9.88 Å². The van der Waals surface area contributed by atoms with Gasteiger partial charge in [0.2, 0.25) is 5.91 Å². The molecule has 3 heteroatoms. The third-order valence-electron chi connectivity index (χ3n) is 6.07. The van der Waals surface area contributed by atoms with Crippen LogP contribution in [0.5, 0.6) is 0 Å². The molecule has 0 spiro atoms. The Balaban J connectivity index is 1.43. The molecule has 3 nitrogen and oxygen atoms in total. The molecule has 0 radical (unpaired) electrons. The summed E-state index contributed by atoms with van der Waals surface area (Å²) in [6.45, 7) is 1.58. The molecule has 1 fully saturated rings. The maximum atomic E-state index is 13.6. The van der Waals surface area contributed by atoms with Gasteiger partial charge in [0.15, 0.2) is 0 Å². The van der Waals surface area contributed by atoms with Gasteiger partial charge in [0.05, 0.1) is 5.92 Å². The lowest BCUT2D eigenvalue weighted by molar-refractivity contribution is -0.130. The van der Waals surface area contributed by atoms with E-state index in [9.17, 15) is 4.79 Å². The van der Waals surface area contributed by atoms with Crippen molar-refractivity contribution in [2.24, 2.45) is 0 Å². The first kappa shape index (κ1) is 17.7. The molecule has 29 heavy (non-hydrogen) atoms.